The molecule has 1 radical (unpaired) electrons. The minimum absolute atomic E-state index is 0.570. The fourth-order valence-electron chi connectivity index (χ4n) is 1.31. The number of hydrogen-bond donors (Lipinski definition) is 0. The predicted molar refractivity (Wildman–Crippen MR) is 56.8 cm³/mol. The maximum absolute atomic E-state index is 11.5. The normalized spacial score (nSPS) is 17.8. The Labute approximate surface area is 95.5 Å². The van der Waals surface area contributed by atoms with Crippen molar-refractivity contribution >= 4 is 23.7 Å². The molecule has 1 fully saturated rings. The molecule has 1 aliphatic rings. The molecule has 1 aromatic carbocycles. The van der Waals surface area contributed by atoms with Crippen molar-refractivity contribution in [1.29, 1.82) is 0 Å². The van der Waals surface area contributed by atoms with Crippen molar-refractivity contribution in [2.45, 2.75) is 20.8 Å². The first kappa shape index (κ1) is 11.2. The maximum atomic E-state index is 11.5. The van der Waals surface area contributed by atoms with E-state index < -0.39 is 23.7 Å². The Balaban J connectivity index is 2.29. The molecule has 1 saturated heterocycles. The number of aryl methyl sites for hydroxylation is 1. The van der Waals surface area contributed by atoms with Crippen LogP contribution in [0.1, 0.15) is 16.7 Å². The largest absolute Gasteiger partial charge is 0.687 e. The fourth-order valence-corrected chi connectivity index (χ4v) is 3.00. The molecule has 0 unspecified atom stereocenters. The van der Waals surface area contributed by atoms with E-state index >= 15 is 0 Å². The summed E-state index contributed by atoms with van der Waals surface area (Å²) >= 11 is -0.603. The summed E-state index contributed by atoms with van der Waals surface area (Å²) in [6, 6.07) is 3.72. The summed E-state index contributed by atoms with van der Waals surface area (Å²) in [5, 5.41) is 0. The van der Waals surface area contributed by atoms with Crippen molar-refractivity contribution in [2.75, 3.05) is 0 Å². The lowest BCUT2D eigenvalue weighted by Crippen LogP contribution is -2.18. The van der Waals surface area contributed by atoms with Gasteiger partial charge in [-0.05, 0) is 43.5 Å². The molecule has 4 nitrogen and oxygen atoms in total. The summed E-state index contributed by atoms with van der Waals surface area (Å²) < 4.78 is 26.5. The van der Waals surface area contributed by atoms with E-state index in [0.29, 0.717) is 5.75 Å². The zero-order valence-electron chi connectivity index (χ0n) is 8.81. The summed E-state index contributed by atoms with van der Waals surface area (Å²) in [4.78, 5) is 0. The van der Waals surface area contributed by atoms with Gasteiger partial charge in [-0.15, -0.1) is 0 Å². The molecule has 1 aromatic rings. The summed E-state index contributed by atoms with van der Waals surface area (Å²) in [7, 11) is -3.24. The molecule has 0 bridgehead atoms. The third kappa shape index (κ3) is 2.13. The van der Waals surface area contributed by atoms with E-state index in [1.165, 1.54) is 5.56 Å². The average molecular weight is 241 g/mol. The van der Waals surface area contributed by atoms with Crippen LogP contribution < -0.4 is 4.52 Å². The Morgan fingerprint density at radius 2 is 1.87 bits per heavy atom. The molecule has 0 aromatic heterocycles. The van der Waals surface area contributed by atoms with E-state index in [-0.39, 0.29) is 0 Å². The quantitative estimate of drug-likeness (QED) is 0.589. The average Bonchev–Trinajstić information content (AvgIpc) is 2.17. The molecule has 0 amide bonds. The number of hydrogen-bond acceptors (Lipinski definition) is 4. The highest BCUT2D eigenvalue weighted by molar-refractivity contribution is 7.53. The highest BCUT2D eigenvalue weighted by Gasteiger charge is 2.39. The van der Waals surface area contributed by atoms with Gasteiger partial charge in [-0.1, -0.05) is 6.07 Å². The van der Waals surface area contributed by atoms with Gasteiger partial charge < -0.3 is 11.7 Å². The van der Waals surface area contributed by atoms with E-state index in [1.807, 2.05) is 26.8 Å². The van der Waals surface area contributed by atoms with Crippen molar-refractivity contribution < 1.29 is 16.2 Å². The molecular formula is C9H11AlO4P. The molecule has 0 spiro atoms. The van der Waals surface area contributed by atoms with Crippen molar-refractivity contribution in [3.63, 3.8) is 0 Å². The third-order valence-electron chi connectivity index (χ3n) is 2.56. The van der Waals surface area contributed by atoms with Crippen LogP contribution in [0.25, 0.3) is 0 Å². The van der Waals surface area contributed by atoms with E-state index in [4.69, 9.17) is 11.7 Å². The Morgan fingerprint density at radius 1 is 1.20 bits per heavy atom. The van der Waals surface area contributed by atoms with E-state index in [2.05, 4.69) is 0 Å². The Morgan fingerprint density at radius 3 is 2.40 bits per heavy atom. The maximum Gasteiger partial charge on any atom is 0.687 e. The molecule has 0 N–H and O–H groups in total. The van der Waals surface area contributed by atoms with Crippen LogP contribution in [-0.2, 0) is 11.7 Å². The monoisotopic (exact) mass is 241 g/mol. The lowest BCUT2D eigenvalue weighted by Gasteiger charge is -2.27. The van der Waals surface area contributed by atoms with Gasteiger partial charge >= 0.3 is 23.7 Å². The topological polar surface area (TPSA) is 44.8 Å². The smallest absolute Gasteiger partial charge is 0.407 e. The van der Waals surface area contributed by atoms with Crippen LogP contribution in [0, 0.1) is 20.8 Å². The van der Waals surface area contributed by atoms with Gasteiger partial charge in [-0.2, -0.15) is 0 Å². The van der Waals surface area contributed by atoms with Crippen molar-refractivity contribution in [3.05, 3.63) is 28.8 Å². The highest BCUT2D eigenvalue weighted by atomic mass is 31.2. The summed E-state index contributed by atoms with van der Waals surface area (Å²) in [6.07, 6.45) is 0. The molecule has 0 saturated carbocycles. The summed E-state index contributed by atoms with van der Waals surface area (Å²) in [5.41, 5.74) is 3.28. The Bertz CT molecular complexity index is 438. The zero-order chi connectivity index (χ0) is 11.1. The number of phosphoric acid groups is 1. The first-order valence-corrected chi connectivity index (χ1v) is 6.97. The SMILES string of the molecule is Cc1ccc(OP2(=O)[O][Al][O]2)c(C)c1C. The van der Waals surface area contributed by atoms with Crippen LogP contribution in [0.2, 0.25) is 0 Å². The van der Waals surface area contributed by atoms with Gasteiger partial charge in [0.15, 0.2) is 0 Å². The van der Waals surface area contributed by atoms with Gasteiger partial charge in [-0.25, -0.2) is 4.57 Å². The summed E-state index contributed by atoms with van der Waals surface area (Å²) in [6.45, 7) is 5.95. The van der Waals surface area contributed by atoms with Crippen molar-refractivity contribution in [2.24, 2.45) is 0 Å². The molecular weight excluding hydrogens is 230 g/mol. The first-order chi connectivity index (χ1) is 7.02. The van der Waals surface area contributed by atoms with Gasteiger partial charge in [0.05, 0.1) is 0 Å². The standard InChI is InChI=1S/C9H13O4P.Al/c1-6-4-5-9(8(3)7(6)2)13-14(10,11)12;/h4-5H,1-3H3,(H2,10,11,12);/q;+2/p-2. The van der Waals surface area contributed by atoms with Gasteiger partial charge in [0.1, 0.15) is 5.75 Å². The third-order valence-corrected chi connectivity index (χ3v) is 5.74. The van der Waals surface area contributed by atoms with E-state index in [0.717, 1.165) is 11.1 Å². The highest BCUT2D eigenvalue weighted by Crippen LogP contribution is 2.55. The van der Waals surface area contributed by atoms with Crippen LogP contribution >= 0.6 is 7.82 Å². The molecule has 2 rings (SSSR count). The molecule has 1 aliphatic heterocycles. The van der Waals surface area contributed by atoms with Gasteiger partial charge in [-0.3, -0.25) is 0 Å². The second-order valence-corrected chi connectivity index (χ2v) is 6.43. The number of rotatable bonds is 2. The van der Waals surface area contributed by atoms with E-state index in [1.54, 1.807) is 6.07 Å². The van der Waals surface area contributed by atoms with Crippen LogP contribution in [0.3, 0.4) is 0 Å². The second-order valence-electron chi connectivity index (χ2n) is 3.48. The van der Waals surface area contributed by atoms with Gasteiger partial charge in [0.25, 0.3) is 0 Å². The van der Waals surface area contributed by atoms with Crippen LogP contribution in [0.4, 0.5) is 0 Å². The van der Waals surface area contributed by atoms with Crippen molar-refractivity contribution in [3.8, 4) is 5.75 Å². The number of benzene rings is 1. The Hall–Kier alpha value is -0.298. The van der Waals surface area contributed by atoms with Gasteiger partial charge in [0.2, 0.25) is 0 Å². The minimum atomic E-state index is -3.24. The second kappa shape index (κ2) is 3.94. The molecule has 1 heterocycles. The lowest BCUT2D eigenvalue weighted by molar-refractivity contribution is 0.229. The summed E-state index contributed by atoms with van der Waals surface area (Å²) in [5.74, 6) is 0.570. The van der Waals surface area contributed by atoms with Crippen LogP contribution in [0.5, 0.6) is 5.75 Å². The molecule has 0 aliphatic carbocycles. The van der Waals surface area contributed by atoms with Crippen LogP contribution in [0.15, 0.2) is 12.1 Å². The van der Waals surface area contributed by atoms with E-state index in [9.17, 15) is 4.57 Å². The Kier molecular flexibility index (Phi) is 2.94. The molecule has 79 valence electrons. The van der Waals surface area contributed by atoms with Gasteiger partial charge in [0, 0.05) is 0 Å². The molecule has 0 atom stereocenters. The predicted octanol–water partition coefficient (Wildman–Crippen LogP) is 2.68. The molecule has 6 heteroatoms. The lowest BCUT2D eigenvalue weighted by atomic mass is 10.0. The zero-order valence-corrected chi connectivity index (χ0v) is 10.9. The first-order valence-electron chi connectivity index (χ1n) is 4.57. The minimum Gasteiger partial charge on any atom is -0.407 e. The van der Waals surface area contributed by atoms with Crippen molar-refractivity contribution in [1.82, 2.24) is 0 Å². The molecule has 15 heavy (non-hydrogen) atoms. The van der Waals surface area contributed by atoms with Crippen LogP contribution in [-0.4, -0.2) is 15.9 Å². The fraction of sp³-hybridized carbons (Fsp3) is 0.333.